The molecule has 1 aromatic rings. The van der Waals surface area contributed by atoms with Gasteiger partial charge >= 0.3 is 0 Å². The van der Waals surface area contributed by atoms with E-state index < -0.39 is 5.91 Å². The third-order valence-electron chi connectivity index (χ3n) is 2.40. The quantitative estimate of drug-likeness (QED) is 0.478. The molecule has 0 fully saturated rings. The Morgan fingerprint density at radius 1 is 1.29 bits per heavy atom. The highest BCUT2D eigenvalue weighted by atomic mass is 35.5. The molecule has 0 aliphatic heterocycles. The van der Waals surface area contributed by atoms with E-state index in [0.29, 0.717) is 28.1 Å². The van der Waals surface area contributed by atoms with E-state index in [4.69, 9.17) is 23.2 Å². The van der Waals surface area contributed by atoms with Crippen molar-refractivity contribution in [2.24, 2.45) is 11.0 Å². The van der Waals surface area contributed by atoms with Crippen molar-refractivity contribution in [1.29, 1.82) is 0 Å². The van der Waals surface area contributed by atoms with Crippen molar-refractivity contribution in [3.8, 4) is 0 Å². The Kier molecular flexibility index (Phi) is 7.19. The van der Waals surface area contributed by atoms with Crippen LogP contribution in [0, 0.1) is 5.92 Å². The normalized spacial score (nSPS) is 10.9. The Bertz CT molecular complexity index is 545. The zero-order valence-electron chi connectivity index (χ0n) is 11.8. The summed E-state index contributed by atoms with van der Waals surface area (Å²) in [6.45, 7) is 4.48. The number of hydrogen-bond donors (Lipinski definition) is 2. The van der Waals surface area contributed by atoms with Crippen LogP contribution in [0.4, 0.5) is 0 Å². The highest BCUT2D eigenvalue weighted by molar-refractivity contribution is 6.43. The van der Waals surface area contributed by atoms with Crippen molar-refractivity contribution >= 4 is 41.2 Å². The first kappa shape index (κ1) is 17.5. The summed E-state index contributed by atoms with van der Waals surface area (Å²) in [5.74, 6) is -0.497. The fourth-order valence-corrected chi connectivity index (χ4v) is 1.72. The lowest BCUT2D eigenvalue weighted by atomic mass is 10.2. The number of halogens is 2. The Balaban J connectivity index is 2.44. The molecule has 0 saturated carbocycles. The Hall–Kier alpha value is -1.59. The molecule has 0 aromatic heterocycles. The predicted octanol–water partition coefficient (Wildman–Crippen LogP) is 2.61. The molecule has 2 N–H and O–H groups in total. The van der Waals surface area contributed by atoms with Crippen LogP contribution in [0.5, 0.6) is 0 Å². The Morgan fingerprint density at radius 2 is 2.00 bits per heavy atom. The second kappa shape index (κ2) is 8.64. The van der Waals surface area contributed by atoms with Crippen LogP contribution in [0.15, 0.2) is 23.3 Å². The monoisotopic (exact) mass is 329 g/mol. The number of nitrogens with one attached hydrogen (secondary N) is 2. The maximum absolute atomic E-state index is 11.5. The van der Waals surface area contributed by atoms with Gasteiger partial charge in [0.15, 0.2) is 0 Å². The molecule has 0 atom stereocenters. The van der Waals surface area contributed by atoms with Crippen LogP contribution in [-0.2, 0) is 9.59 Å². The minimum Gasteiger partial charge on any atom is -0.355 e. The van der Waals surface area contributed by atoms with Gasteiger partial charge in [0.05, 0.1) is 16.3 Å². The Morgan fingerprint density at radius 3 is 2.67 bits per heavy atom. The molecule has 0 radical (unpaired) electrons. The second-order valence-electron chi connectivity index (χ2n) is 4.81. The van der Waals surface area contributed by atoms with Crippen LogP contribution in [0.25, 0.3) is 0 Å². The summed E-state index contributed by atoms with van der Waals surface area (Å²) >= 11 is 11.8. The number of hydrazone groups is 1. The van der Waals surface area contributed by atoms with Crippen LogP contribution in [0.2, 0.25) is 10.0 Å². The molecular formula is C14H17Cl2N3O2. The maximum Gasteiger partial charge on any atom is 0.249 e. The van der Waals surface area contributed by atoms with Crippen molar-refractivity contribution in [2.75, 3.05) is 6.54 Å². The second-order valence-corrected chi connectivity index (χ2v) is 5.60. The Labute approximate surface area is 133 Å². The molecule has 21 heavy (non-hydrogen) atoms. The van der Waals surface area contributed by atoms with Gasteiger partial charge in [-0.3, -0.25) is 9.59 Å². The van der Waals surface area contributed by atoms with E-state index in [0.717, 1.165) is 0 Å². The van der Waals surface area contributed by atoms with Crippen molar-refractivity contribution in [3.63, 3.8) is 0 Å². The minimum atomic E-state index is -0.495. The third-order valence-corrected chi connectivity index (χ3v) is 3.24. The number of benzene rings is 1. The molecule has 0 saturated heterocycles. The van der Waals surface area contributed by atoms with Crippen LogP contribution < -0.4 is 10.7 Å². The number of rotatable bonds is 6. The maximum atomic E-state index is 11.5. The molecule has 0 heterocycles. The van der Waals surface area contributed by atoms with E-state index in [-0.39, 0.29) is 12.3 Å². The predicted molar refractivity (Wildman–Crippen MR) is 84.7 cm³/mol. The molecule has 0 bridgehead atoms. The fourth-order valence-electron chi connectivity index (χ4n) is 1.36. The third kappa shape index (κ3) is 6.60. The van der Waals surface area contributed by atoms with Gasteiger partial charge in [0, 0.05) is 12.1 Å². The van der Waals surface area contributed by atoms with Gasteiger partial charge in [0.1, 0.15) is 6.42 Å². The molecule has 5 nitrogen and oxygen atoms in total. The number of nitrogens with zero attached hydrogens (tertiary/aromatic N) is 1. The molecule has 1 aromatic carbocycles. The van der Waals surface area contributed by atoms with Crippen LogP contribution in [0.3, 0.4) is 0 Å². The molecule has 0 aliphatic carbocycles. The lowest BCUT2D eigenvalue weighted by Crippen LogP contribution is -2.32. The van der Waals surface area contributed by atoms with E-state index in [2.05, 4.69) is 15.8 Å². The topological polar surface area (TPSA) is 70.6 Å². The van der Waals surface area contributed by atoms with E-state index in [9.17, 15) is 9.59 Å². The first-order valence-corrected chi connectivity index (χ1v) is 7.18. The van der Waals surface area contributed by atoms with Gasteiger partial charge in [0.2, 0.25) is 11.8 Å². The van der Waals surface area contributed by atoms with Crippen molar-refractivity contribution in [3.05, 3.63) is 33.8 Å². The summed E-state index contributed by atoms with van der Waals surface area (Å²) in [5.41, 5.74) is 2.84. The standard InChI is InChI=1S/C14H17Cl2N3O2/c1-9(2)7-17-12(20)6-13(21)19-18-8-10-4-3-5-11(15)14(10)16/h3-5,8-9H,6-7H2,1-2H3,(H,17,20)(H,19,21)/b18-8+. The number of amides is 2. The van der Waals surface area contributed by atoms with Crippen LogP contribution in [0.1, 0.15) is 25.8 Å². The summed E-state index contributed by atoms with van der Waals surface area (Å²) in [5, 5.41) is 7.15. The highest BCUT2D eigenvalue weighted by Crippen LogP contribution is 2.23. The smallest absolute Gasteiger partial charge is 0.249 e. The van der Waals surface area contributed by atoms with Gasteiger partial charge in [-0.25, -0.2) is 5.43 Å². The van der Waals surface area contributed by atoms with Gasteiger partial charge in [-0.05, 0) is 12.0 Å². The van der Waals surface area contributed by atoms with Gasteiger partial charge in [-0.1, -0.05) is 49.2 Å². The number of carbonyl (C=O) groups excluding carboxylic acids is 2. The zero-order valence-corrected chi connectivity index (χ0v) is 13.3. The zero-order chi connectivity index (χ0) is 15.8. The van der Waals surface area contributed by atoms with Crippen LogP contribution in [-0.4, -0.2) is 24.6 Å². The fraction of sp³-hybridized carbons (Fsp3) is 0.357. The number of hydrogen-bond acceptors (Lipinski definition) is 3. The van der Waals surface area contributed by atoms with E-state index in [1.807, 2.05) is 13.8 Å². The molecule has 0 unspecified atom stereocenters. The molecule has 7 heteroatoms. The molecular weight excluding hydrogens is 313 g/mol. The van der Waals surface area contributed by atoms with Gasteiger partial charge in [-0.2, -0.15) is 5.10 Å². The molecule has 1 rings (SSSR count). The van der Waals surface area contributed by atoms with Crippen LogP contribution >= 0.6 is 23.2 Å². The van der Waals surface area contributed by atoms with Gasteiger partial charge < -0.3 is 5.32 Å². The average Bonchev–Trinajstić information content (AvgIpc) is 2.41. The molecule has 0 spiro atoms. The highest BCUT2D eigenvalue weighted by Gasteiger charge is 2.08. The van der Waals surface area contributed by atoms with Gasteiger partial charge in [0.25, 0.3) is 0 Å². The molecule has 2 amide bonds. The summed E-state index contributed by atoms with van der Waals surface area (Å²) < 4.78 is 0. The largest absolute Gasteiger partial charge is 0.355 e. The van der Waals surface area contributed by atoms with Crippen molar-refractivity contribution in [2.45, 2.75) is 20.3 Å². The first-order chi connectivity index (χ1) is 9.90. The molecule has 0 aliphatic rings. The lowest BCUT2D eigenvalue weighted by Gasteiger charge is -2.06. The van der Waals surface area contributed by atoms with E-state index in [1.54, 1.807) is 18.2 Å². The summed E-state index contributed by atoms with van der Waals surface area (Å²) in [6.07, 6.45) is 1.10. The summed E-state index contributed by atoms with van der Waals surface area (Å²) in [4.78, 5) is 22.9. The number of carbonyl (C=O) groups is 2. The lowest BCUT2D eigenvalue weighted by molar-refractivity contribution is -0.129. The summed E-state index contributed by atoms with van der Waals surface area (Å²) in [7, 11) is 0. The first-order valence-electron chi connectivity index (χ1n) is 6.42. The van der Waals surface area contributed by atoms with E-state index in [1.165, 1.54) is 6.21 Å². The summed E-state index contributed by atoms with van der Waals surface area (Å²) in [6, 6.07) is 5.08. The van der Waals surface area contributed by atoms with Crippen molar-refractivity contribution in [1.82, 2.24) is 10.7 Å². The minimum absolute atomic E-state index is 0.270. The van der Waals surface area contributed by atoms with E-state index >= 15 is 0 Å². The van der Waals surface area contributed by atoms with Gasteiger partial charge in [-0.15, -0.1) is 0 Å². The van der Waals surface area contributed by atoms with Crippen molar-refractivity contribution < 1.29 is 9.59 Å². The average molecular weight is 330 g/mol. The molecule has 114 valence electrons. The SMILES string of the molecule is CC(C)CNC(=O)CC(=O)N/N=C/c1cccc(Cl)c1Cl.